The van der Waals surface area contributed by atoms with Gasteiger partial charge < -0.3 is 5.32 Å². The van der Waals surface area contributed by atoms with E-state index in [4.69, 9.17) is 0 Å². The molecule has 1 N–H and O–H groups in total. The van der Waals surface area contributed by atoms with Crippen molar-refractivity contribution in [2.45, 2.75) is 50.5 Å². The Labute approximate surface area is 186 Å². The number of halogens is 2. The smallest absolute Gasteiger partial charge is 0.220 e. The van der Waals surface area contributed by atoms with Gasteiger partial charge in [-0.2, -0.15) is 0 Å². The lowest BCUT2D eigenvalue weighted by molar-refractivity contribution is -0.122. The van der Waals surface area contributed by atoms with Gasteiger partial charge in [-0.3, -0.25) is 9.69 Å². The van der Waals surface area contributed by atoms with Crippen LogP contribution in [0.15, 0.2) is 54.6 Å². The molecule has 5 heteroatoms. The van der Waals surface area contributed by atoms with Crippen molar-refractivity contribution in [2.24, 2.45) is 5.92 Å². The molecule has 0 atom stereocenters. The lowest BCUT2D eigenvalue weighted by atomic mass is 9.71. The van der Waals surface area contributed by atoms with Crippen molar-refractivity contribution in [2.75, 3.05) is 20.6 Å². The number of nitrogens with one attached hydrogen (secondary N) is 1. The molecule has 1 amide bonds. The topological polar surface area (TPSA) is 32.3 Å². The van der Waals surface area contributed by atoms with Crippen LogP contribution < -0.4 is 5.32 Å². The summed E-state index contributed by atoms with van der Waals surface area (Å²) in [6, 6.07) is 17.3. The number of hydrogen-bond donors (Lipinski definition) is 1. The van der Waals surface area contributed by atoms with Crippen LogP contribution in [0.4, 0.5) is 4.39 Å². The highest BCUT2D eigenvalue weighted by molar-refractivity contribution is 5.85. The van der Waals surface area contributed by atoms with Gasteiger partial charge in [0.1, 0.15) is 5.82 Å². The predicted octanol–water partition coefficient (Wildman–Crippen LogP) is 5.33. The first-order chi connectivity index (χ1) is 14.0. The number of hydrogen-bond acceptors (Lipinski definition) is 2. The zero-order chi connectivity index (χ0) is 20.7. The molecule has 0 aliphatic heterocycles. The van der Waals surface area contributed by atoms with Crippen LogP contribution >= 0.6 is 12.4 Å². The van der Waals surface area contributed by atoms with Crippen molar-refractivity contribution in [1.82, 2.24) is 10.2 Å². The molecule has 1 saturated carbocycles. The monoisotopic (exact) mass is 432 g/mol. The number of benzene rings is 2. The lowest BCUT2D eigenvalue weighted by Gasteiger charge is -2.45. The van der Waals surface area contributed by atoms with E-state index in [-0.39, 0.29) is 29.7 Å². The number of amides is 1. The number of carbonyl (C=O) groups is 1. The van der Waals surface area contributed by atoms with Crippen LogP contribution in [0.25, 0.3) is 0 Å². The van der Waals surface area contributed by atoms with E-state index in [0.29, 0.717) is 12.3 Å². The van der Waals surface area contributed by atoms with Crippen molar-refractivity contribution in [1.29, 1.82) is 0 Å². The second kappa shape index (κ2) is 11.5. The summed E-state index contributed by atoms with van der Waals surface area (Å²) in [7, 11) is 4.20. The molecule has 0 saturated heterocycles. The summed E-state index contributed by atoms with van der Waals surface area (Å²) in [6.45, 7) is 0.734. The van der Waals surface area contributed by atoms with Gasteiger partial charge in [0.05, 0.1) is 0 Å². The molecular formula is C25H34ClFN2O. The SMILES string of the molecule is CN(C)C1(c2ccc(F)cc2)CCC(CC(=O)NCCCc2ccccc2)CC1.Cl. The third kappa shape index (κ3) is 6.29. The van der Waals surface area contributed by atoms with Crippen LogP contribution in [0.5, 0.6) is 0 Å². The summed E-state index contributed by atoms with van der Waals surface area (Å²) in [5.41, 5.74) is 2.43. The molecule has 1 aliphatic carbocycles. The molecule has 0 unspecified atom stereocenters. The Hall–Kier alpha value is -1.91. The summed E-state index contributed by atoms with van der Waals surface area (Å²) >= 11 is 0. The predicted molar refractivity (Wildman–Crippen MR) is 123 cm³/mol. The zero-order valence-electron chi connectivity index (χ0n) is 18.1. The minimum atomic E-state index is -0.194. The summed E-state index contributed by atoms with van der Waals surface area (Å²) in [4.78, 5) is 14.6. The molecule has 164 valence electrons. The Bertz CT molecular complexity index is 771. The summed E-state index contributed by atoms with van der Waals surface area (Å²) < 4.78 is 13.4. The van der Waals surface area contributed by atoms with Crippen molar-refractivity contribution in [3.05, 3.63) is 71.5 Å². The van der Waals surface area contributed by atoms with Gasteiger partial charge in [0.15, 0.2) is 0 Å². The molecule has 0 spiro atoms. The first-order valence-electron chi connectivity index (χ1n) is 10.7. The third-order valence-electron chi connectivity index (χ3n) is 6.45. The summed E-state index contributed by atoms with van der Waals surface area (Å²) in [6.07, 6.45) is 6.61. The van der Waals surface area contributed by atoms with Gasteiger partial charge in [-0.1, -0.05) is 42.5 Å². The maximum absolute atomic E-state index is 13.4. The van der Waals surface area contributed by atoms with E-state index < -0.39 is 0 Å². The molecule has 2 aromatic carbocycles. The van der Waals surface area contributed by atoms with Gasteiger partial charge in [0.25, 0.3) is 0 Å². The van der Waals surface area contributed by atoms with Crippen LogP contribution in [0, 0.1) is 11.7 Å². The molecule has 3 rings (SSSR count). The Balaban J connectivity index is 0.00000320. The maximum Gasteiger partial charge on any atom is 0.220 e. The molecule has 3 nitrogen and oxygen atoms in total. The van der Waals surface area contributed by atoms with Gasteiger partial charge in [-0.25, -0.2) is 4.39 Å². The van der Waals surface area contributed by atoms with Crippen LogP contribution in [0.3, 0.4) is 0 Å². The van der Waals surface area contributed by atoms with Crippen molar-refractivity contribution in [3.63, 3.8) is 0 Å². The Kier molecular flexibility index (Phi) is 9.32. The van der Waals surface area contributed by atoms with Crippen molar-refractivity contribution in [3.8, 4) is 0 Å². The lowest BCUT2D eigenvalue weighted by Crippen LogP contribution is -2.44. The van der Waals surface area contributed by atoms with E-state index in [9.17, 15) is 9.18 Å². The highest BCUT2D eigenvalue weighted by Gasteiger charge is 2.39. The number of carbonyl (C=O) groups excluding carboxylic acids is 1. The fourth-order valence-corrected chi connectivity index (χ4v) is 4.61. The highest BCUT2D eigenvalue weighted by atomic mass is 35.5. The van der Waals surface area contributed by atoms with Crippen LogP contribution in [0.2, 0.25) is 0 Å². The average molecular weight is 433 g/mol. The van der Waals surface area contributed by atoms with Crippen molar-refractivity contribution >= 4 is 18.3 Å². The van der Waals surface area contributed by atoms with Gasteiger partial charge >= 0.3 is 0 Å². The fourth-order valence-electron chi connectivity index (χ4n) is 4.61. The highest BCUT2D eigenvalue weighted by Crippen LogP contribution is 2.43. The molecule has 2 aromatic rings. The molecule has 1 aliphatic rings. The summed E-state index contributed by atoms with van der Waals surface area (Å²) in [5.74, 6) is 0.403. The average Bonchev–Trinajstić information content (AvgIpc) is 2.73. The molecule has 0 heterocycles. The Morgan fingerprint density at radius 3 is 2.30 bits per heavy atom. The van der Waals surface area contributed by atoms with Gasteiger partial charge in [-0.05, 0) is 81.8 Å². The molecule has 30 heavy (non-hydrogen) atoms. The van der Waals surface area contributed by atoms with E-state index in [0.717, 1.165) is 45.1 Å². The van der Waals surface area contributed by atoms with E-state index in [1.165, 1.54) is 11.1 Å². The molecule has 0 radical (unpaired) electrons. The third-order valence-corrected chi connectivity index (χ3v) is 6.45. The first kappa shape index (κ1) is 24.4. The van der Waals surface area contributed by atoms with Crippen LogP contribution in [-0.2, 0) is 16.8 Å². The zero-order valence-corrected chi connectivity index (χ0v) is 18.9. The maximum atomic E-state index is 13.4. The normalized spacial score (nSPS) is 21.1. The number of aryl methyl sites for hydroxylation is 1. The molecule has 0 bridgehead atoms. The Morgan fingerprint density at radius 2 is 1.70 bits per heavy atom. The summed E-state index contributed by atoms with van der Waals surface area (Å²) in [5, 5.41) is 3.09. The van der Waals surface area contributed by atoms with E-state index in [2.05, 4.69) is 48.6 Å². The number of nitrogens with zero attached hydrogens (tertiary/aromatic N) is 1. The molecule has 0 aromatic heterocycles. The first-order valence-corrected chi connectivity index (χ1v) is 10.7. The standard InChI is InChI=1S/C25H33FN2O.ClH/c1-28(2)25(22-10-12-23(26)13-11-22)16-14-21(15-17-25)19-24(29)27-18-6-9-20-7-4-3-5-8-20;/h3-5,7-8,10-13,21H,6,9,14-19H2,1-2H3,(H,27,29);1H. The molecular weight excluding hydrogens is 399 g/mol. The minimum Gasteiger partial charge on any atom is -0.356 e. The Morgan fingerprint density at radius 1 is 1.07 bits per heavy atom. The van der Waals surface area contributed by atoms with E-state index in [1.807, 2.05) is 18.2 Å². The number of rotatable bonds is 8. The minimum absolute atomic E-state index is 0. The van der Waals surface area contributed by atoms with E-state index in [1.54, 1.807) is 12.1 Å². The van der Waals surface area contributed by atoms with Crippen molar-refractivity contribution < 1.29 is 9.18 Å². The fraction of sp³-hybridized carbons (Fsp3) is 0.480. The van der Waals surface area contributed by atoms with E-state index >= 15 is 0 Å². The second-order valence-electron chi connectivity index (χ2n) is 8.52. The largest absolute Gasteiger partial charge is 0.356 e. The quantitative estimate of drug-likeness (QED) is 0.571. The van der Waals surface area contributed by atoms with Gasteiger partial charge in [-0.15, -0.1) is 12.4 Å². The van der Waals surface area contributed by atoms with Crippen LogP contribution in [-0.4, -0.2) is 31.4 Å². The second-order valence-corrected chi connectivity index (χ2v) is 8.52. The van der Waals surface area contributed by atoms with Crippen LogP contribution in [0.1, 0.15) is 49.7 Å². The van der Waals surface area contributed by atoms with Gasteiger partial charge in [0, 0.05) is 18.5 Å². The van der Waals surface area contributed by atoms with Gasteiger partial charge in [0.2, 0.25) is 5.91 Å². The molecule has 1 fully saturated rings.